The van der Waals surface area contributed by atoms with Crippen molar-refractivity contribution in [2.45, 2.75) is 46.5 Å². The first-order valence-corrected chi connectivity index (χ1v) is 9.82. The van der Waals surface area contributed by atoms with Crippen LogP contribution >= 0.6 is 0 Å². The molecule has 1 aromatic carbocycles. The van der Waals surface area contributed by atoms with E-state index in [0.29, 0.717) is 11.9 Å². The fourth-order valence-corrected chi connectivity index (χ4v) is 3.24. The minimum Gasteiger partial charge on any atom is -0.372 e. The first-order chi connectivity index (χ1) is 12.6. The summed E-state index contributed by atoms with van der Waals surface area (Å²) in [4.78, 5) is 11.6. The monoisotopic (exact) mass is 353 g/mol. The van der Waals surface area contributed by atoms with E-state index in [0.717, 1.165) is 30.2 Å². The average Bonchev–Trinajstić information content (AvgIpc) is 2.62. The lowest BCUT2D eigenvalue weighted by atomic mass is 10.1. The number of anilines is 4. The Morgan fingerprint density at radius 1 is 1.04 bits per heavy atom. The van der Waals surface area contributed by atoms with Crippen molar-refractivity contribution in [3.63, 3.8) is 0 Å². The van der Waals surface area contributed by atoms with Crippen LogP contribution in [0.4, 0.5) is 23.1 Å². The molecule has 0 saturated carbocycles. The molecular weight excluding hydrogens is 322 g/mol. The number of aromatic nitrogens is 2. The molecule has 26 heavy (non-hydrogen) atoms. The molecule has 0 atom stereocenters. The van der Waals surface area contributed by atoms with Crippen molar-refractivity contribution in [1.82, 2.24) is 9.97 Å². The fraction of sp³-hybridized carbons (Fsp3) is 0.524. The summed E-state index contributed by atoms with van der Waals surface area (Å²) in [5.41, 5.74) is 3.28. The zero-order chi connectivity index (χ0) is 18.4. The molecule has 0 aliphatic carbocycles. The molecule has 3 rings (SSSR count). The van der Waals surface area contributed by atoms with Gasteiger partial charge in [0.25, 0.3) is 0 Å². The van der Waals surface area contributed by atoms with Gasteiger partial charge in [0.05, 0.1) is 0 Å². The molecule has 1 aromatic heterocycles. The summed E-state index contributed by atoms with van der Waals surface area (Å²) >= 11 is 0. The van der Waals surface area contributed by atoms with E-state index >= 15 is 0 Å². The van der Waals surface area contributed by atoms with Crippen LogP contribution in [-0.4, -0.2) is 29.6 Å². The predicted molar refractivity (Wildman–Crippen MR) is 111 cm³/mol. The van der Waals surface area contributed by atoms with Crippen molar-refractivity contribution < 1.29 is 0 Å². The van der Waals surface area contributed by atoms with Gasteiger partial charge in [0.15, 0.2) is 0 Å². The minimum atomic E-state index is 0.641. The van der Waals surface area contributed by atoms with E-state index in [1.807, 2.05) is 13.0 Å². The number of hydrogen-bond donors (Lipinski definition) is 2. The maximum Gasteiger partial charge on any atom is 0.229 e. The molecule has 2 N–H and O–H groups in total. The lowest BCUT2D eigenvalue weighted by Crippen LogP contribution is -2.29. The summed E-state index contributed by atoms with van der Waals surface area (Å²) in [5.74, 6) is 2.20. The highest BCUT2D eigenvalue weighted by Gasteiger charge is 2.10. The largest absolute Gasteiger partial charge is 0.372 e. The first-order valence-electron chi connectivity index (χ1n) is 9.82. The van der Waals surface area contributed by atoms with Crippen LogP contribution in [0.1, 0.15) is 45.2 Å². The quantitative estimate of drug-likeness (QED) is 0.735. The molecule has 5 heteroatoms. The molecule has 1 fully saturated rings. The highest BCUT2D eigenvalue weighted by atomic mass is 15.1. The molecule has 1 aliphatic heterocycles. The van der Waals surface area contributed by atoms with Gasteiger partial charge in [0.1, 0.15) is 5.82 Å². The Bertz CT molecular complexity index is 690. The second kappa shape index (κ2) is 8.88. The van der Waals surface area contributed by atoms with Crippen LogP contribution in [-0.2, 0) is 0 Å². The zero-order valence-corrected chi connectivity index (χ0v) is 16.3. The van der Waals surface area contributed by atoms with E-state index in [9.17, 15) is 0 Å². The lowest BCUT2D eigenvalue weighted by Gasteiger charge is -2.28. The SMILES string of the molecule is Cc1cc(NCCC(C)C)nc(Nc2ccc(N3CCCCC3)cc2)n1. The van der Waals surface area contributed by atoms with Crippen LogP contribution in [0.25, 0.3) is 0 Å². The Labute approximate surface area is 157 Å². The summed E-state index contributed by atoms with van der Waals surface area (Å²) in [6, 6.07) is 10.6. The van der Waals surface area contributed by atoms with Gasteiger partial charge in [-0.1, -0.05) is 13.8 Å². The maximum absolute atomic E-state index is 4.59. The van der Waals surface area contributed by atoms with Crippen LogP contribution in [0.2, 0.25) is 0 Å². The second-order valence-corrected chi connectivity index (χ2v) is 7.55. The normalized spacial score (nSPS) is 14.5. The van der Waals surface area contributed by atoms with Crippen LogP contribution in [0.3, 0.4) is 0 Å². The second-order valence-electron chi connectivity index (χ2n) is 7.55. The summed E-state index contributed by atoms with van der Waals surface area (Å²) in [6.45, 7) is 9.72. The molecular formula is C21H31N5. The summed E-state index contributed by atoms with van der Waals surface area (Å²) in [6.07, 6.45) is 5.07. The third-order valence-corrected chi connectivity index (χ3v) is 4.73. The van der Waals surface area contributed by atoms with Crippen molar-refractivity contribution >= 4 is 23.1 Å². The maximum atomic E-state index is 4.59. The molecule has 0 unspecified atom stereocenters. The number of benzene rings is 1. The Morgan fingerprint density at radius 2 is 1.77 bits per heavy atom. The van der Waals surface area contributed by atoms with E-state index < -0.39 is 0 Å². The summed E-state index contributed by atoms with van der Waals surface area (Å²) in [5, 5.41) is 6.73. The van der Waals surface area contributed by atoms with Crippen molar-refractivity contribution in [3.8, 4) is 0 Å². The molecule has 1 saturated heterocycles. The van der Waals surface area contributed by atoms with Crippen LogP contribution in [0.5, 0.6) is 0 Å². The van der Waals surface area contributed by atoms with E-state index in [1.54, 1.807) is 0 Å². The van der Waals surface area contributed by atoms with Gasteiger partial charge in [0, 0.05) is 42.8 Å². The number of piperidine rings is 1. The Hall–Kier alpha value is -2.30. The van der Waals surface area contributed by atoms with Crippen molar-refractivity contribution in [3.05, 3.63) is 36.0 Å². The molecule has 0 spiro atoms. The molecule has 2 heterocycles. The van der Waals surface area contributed by atoms with Crippen LogP contribution in [0, 0.1) is 12.8 Å². The average molecular weight is 354 g/mol. The number of hydrogen-bond acceptors (Lipinski definition) is 5. The molecule has 0 amide bonds. The van der Waals surface area contributed by atoms with Gasteiger partial charge in [-0.25, -0.2) is 4.98 Å². The van der Waals surface area contributed by atoms with Gasteiger partial charge in [-0.3, -0.25) is 0 Å². The van der Waals surface area contributed by atoms with Gasteiger partial charge in [-0.15, -0.1) is 0 Å². The molecule has 1 aliphatic rings. The lowest BCUT2D eigenvalue weighted by molar-refractivity contribution is 0.578. The Balaban J connectivity index is 1.63. The molecule has 0 bridgehead atoms. The molecule has 0 radical (unpaired) electrons. The predicted octanol–water partition coefficient (Wildman–Crippen LogP) is 4.98. The van der Waals surface area contributed by atoms with E-state index in [2.05, 4.69) is 63.6 Å². The molecule has 140 valence electrons. The number of rotatable bonds is 7. The Morgan fingerprint density at radius 3 is 2.46 bits per heavy atom. The first kappa shape index (κ1) is 18.5. The number of aryl methyl sites for hydroxylation is 1. The fourth-order valence-electron chi connectivity index (χ4n) is 3.24. The van der Waals surface area contributed by atoms with Crippen molar-refractivity contribution in [2.75, 3.05) is 35.2 Å². The number of nitrogens with one attached hydrogen (secondary N) is 2. The van der Waals surface area contributed by atoms with Crippen LogP contribution < -0.4 is 15.5 Å². The van der Waals surface area contributed by atoms with Gasteiger partial charge in [-0.05, 0) is 62.8 Å². The number of nitrogens with zero attached hydrogens (tertiary/aromatic N) is 3. The minimum absolute atomic E-state index is 0.641. The zero-order valence-electron chi connectivity index (χ0n) is 16.3. The van der Waals surface area contributed by atoms with Gasteiger partial charge in [0.2, 0.25) is 5.95 Å². The summed E-state index contributed by atoms with van der Waals surface area (Å²) in [7, 11) is 0. The van der Waals surface area contributed by atoms with Gasteiger partial charge in [-0.2, -0.15) is 4.98 Å². The van der Waals surface area contributed by atoms with Crippen LogP contribution in [0.15, 0.2) is 30.3 Å². The van der Waals surface area contributed by atoms with Gasteiger partial charge < -0.3 is 15.5 Å². The smallest absolute Gasteiger partial charge is 0.229 e. The molecule has 2 aromatic rings. The Kier molecular flexibility index (Phi) is 6.31. The van der Waals surface area contributed by atoms with E-state index in [-0.39, 0.29) is 0 Å². The van der Waals surface area contributed by atoms with Gasteiger partial charge >= 0.3 is 0 Å². The summed E-state index contributed by atoms with van der Waals surface area (Å²) < 4.78 is 0. The highest BCUT2D eigenvalue weighted by Crippen LogP contribution is 2.23. The van der Waals surface area contributed by atoms with Crippen molar-refractivity contribution in [1.29, 1.82) is 0 Å². The molecule has 5 nitrogen and oxygen atoms in total. The van der Waals surface area contributed by atoms with E-state index in [4.69, 9.17) is 0 Å². The van der Waals surface area contributed by atoms with E-state index in [1.165, 1.54) is 38.0 Å². The standard InChI is InChI=1S/C21H31N5/c1-16(2)11-12-22-20-15-17(3)23-21(25-20)24-18-7-9-19(10-8-18)26-13-5-4-6-14-26/h7-10,15-16H,4-6,11-14H2,1-3H3,(H2,22,23,24,25). The highest BCUT2D eigenvalue weighted by molar-refractivity contribution is 5.60. The van der Waals surface area contributed by atoms with Crippen molar-refractivity contribution in [2.24, 2.45) is 5.92 Å². The third kappa shape index (κ3) is 5.35. The third-order valence-electron chi connectivity index (χ3n) is 4.73. The topological polar surface area (TPSA) is 53.1 Å².